The van der Waals surface area contributed by atoms with E-state index in [0.717, 1.165) is 33.6 Å². The molecule has 5 N–H and O–H groups in total. The van der Waals surface area contributed by atoms with Gasteiger partial charge in [0.2, 0.25) is 0 Å². The van der Waals surface area contributed by atoms with Crippen molar-refractivity contribution < 1.29 is 39.1 Å². The first-order valence-electron chi connectivity index (χ1n) is 18.7. The smallest absolute Gasteiger partial charge is 0.421 e. The molecular formula is C42H41ClN8O10. The van der Waals surface area contributed by atoms with Crippen molar-refractivity contribution in [2.75, 3.05) is 25.7 Å². The number of nitrogens with zero attached hydrogens (tertiary/aromatic N) is 8. The van der Waals surface area contributed by atoms with Crippen molar-refractivity contribution >= 4 is 34.1 Å². The van der Waals surface area contributed by atoms with Crippen molar-refractivity contribution in [3.8, 4) is 34.3 Å². The molecule has 2 unspecified atom stereocenters. The fraction of sp³-hybridized carbons (Fsp3) is 0.238. The first kappa shape index (κ1) is 43.7. The molecule has 2 aromatic carbocycles. The number of hydrogen-bond acceptors (Lipinski definition) is 16. The maximum absolute atomic E-state index is 12.3. The Morgan fingerprint density at radius 3 is 1.56 bits per heavy atom. The normalized spacial score (nSPS) is 12.0. The van der Waals surface area contributed by atoms with Crippen LogP contribution in [0.4, 0.5) is 0 Å². The van der Waals surface area contributed by atoms with Crippen LogP contribution in [0.5, 0.6) is 11.5 Å². The predicted octanol–water partition coefficient (Wildman–Crippen LogP) is 3.62. The van der Waals surface area contributed by atoms with Gasteiger partial charge < -0.3 is 39.1 Å². The molecule has 8 rings (SSSR count). The lowest BCUT2D eigenvalue weighted by atomic mass is 10.1. The van der Waals surface area contributed by atoms with E-state index in [1.165, 1.54) is 33.9 Å². The van der Waals surface area contributed by atoms with Gasteiger partial charge in [0.05, 0.1) is 63.1 Å². The average Bonchev–Trinajstić information content (AvgIpc) is 3.75. The van der Waals surface area contributed by atoms with Gasteiger partial charge in [-0.1, -0.05) is 36.4 Å². The van der Waals surface area contributed by atoms with Gasteiger partial charge in [-0.15, -0.1) is 11.6 Å². The van der Waals surface area contributed by atoms with E-state index in [9.17, 15) is 19.8 Å². The fourth-order valence-electron chi connectivity index (χ4n) is 5.64. The van der Waals surface area contributed by atoms with Crippen molar-refractivity contribution in [1.29, 1.82) is 0 Å². The number of oxazole rings is 2. The Balaban J connectivity index is 0.000000182. The van der Waals surface area contributed by atoms with E-state index in [4.69, 9.17) is 40.5 Å². The van der Waals surface area contributed by atoms with E-state index in [1.54, 1.807) is 24.3 Å². The van der Waals surface area contributed by atoms with Gasteiger partial charge in [0.15, 0.2) is 45.6 Å². The van der Waals surface area contributed by atoms with Crippen LogP contribution in [0, 0.1) is 13.8 Å². The fourth-order valence-corrected chi connectivity index (χ4v) is 5.74. The van der Waals surface area contributed by atoms with Crippen LogP contribution < -0.4 is 16.2 Å². The van der Waals surface area contributed by atoms with Gasteiger partial charge in [0.1, 0.15) is 12.7 Å². The molecule has 0 aliphatic rings. The number of aromatic hydroxyl groups is 1. The van der Waals surface area contributed by atoms with Crippen LogP contribution in [0.3, 0.4) is 0 Å². The van der Waals surface area contributed by atoms with E-state index < -0.39 is 23.7 Å². The minimum absolute atomic E-state index is 0.0118. The third kappa shape index (κ3) is 11.5. The lowest BCUT2D eigenvalue weighted by Crippen LogP contribution is -2.21. The summed E-state index contributed by atoms with van der Waals surface area (Å²) in [6, 6.07) is 22.2. The topological polar surface area (TPSA) is 258 Å². The number of alkyl halides is 1. The first-order chi connectivity index (χ1) is 29.4. The van der Waals surface area contributed by atoms with Crippen molar-refractivity contribution in [2.45, 2.75) is 39.1 Å². The molecule has 8 aromatic rings. The van der Waals surface area contributed by atoms with Gasteiger partial charge in [-0.3, -0.25) is 9.13 Å². The highest BCUT2D eigenvalue weighted by molar-refractivity contribution is 6.18. The summed E-state index contributed by atoms with van der Waals surface area (Å²) in [5.41, 5.74) is 6.89. The molecule has 0 aliphatic carbocycles. The SMILES string of the molecule is Cc1ccc2oc(=O)n(Cc3cccc(-c4ncc(O)cn4)c3)c2n1.Cc1ccc2oc(=O)n(Cc3cccc(-c4ncc(OCC(O)CO)cn4)c3)c2n1.OCC(O)CCl. The van der Waals surface area contributed by atoms with Crippen LogP contribution in [-0.2, 0) is 13.1 Å². The second-order valence-electron chi connectivity index (χ2n) is 13.5. The van der Waals surface area contributed by atoms with Gasteiger partial charge in [-0.25, -0.2) is 39.5 Å². The van der Waals surface area contributed by atoms with Crippen LogP contribution in [0.2, 0.25) is 0 Å². The molecule has 6 aromatic heterocycles. The number of halogens is 1. The Kier molecular flexibility index (Phi) is 14.6. The maximum atomic E-state index is 12.3. The number of aliphatic hydroxyl groups is 4. The molecule has 0 fully saturated rings. The summed E-state index contributed by atoms with van der Waals surface area (Å²) in [7, 11) is 0. The van der Waals surface area contributed by atoms with Gasteiger partial charge in [0.25, 0.3) is 0 Å². The van der Waals surface area contributed by atoms with Gasteiger partial charge in [-0.05, 0) is 61.4 Å². The van der Waals surface area contributed by atoms with Gasteiger partial charge >= 0.3 is 11.5 Å². The lowest BCUT2D eigenvalue weighted by molar-refractivity contribution is 0.0534. The van der Waals surface area contributed by atoms with E-state index in [1.807, 2.05) is 62.4 Å². The Hall–Kier alpha value is -6.83. The van der Waals surface area contributed by atoms with E-state index >= 15 is 0 Å². The summed E-state index contributed by atoms with van der Waals surface area (Å²) in [5.74, 6) is 0.591. The molecule has 2 atom stereocenters. The second kappa shape index (κ2) is 20.4. The molecule has 316 valence electrons. The molecule has 61 heavy (non-hydrogen) atoms. The molecule has 0 saturated heterocycles. The molecule has 0 bridgehead atoms. The van der Waals surface area contributed by atoms with E-state index in [2.05, 4.69) is 29.9 Å². The number of ether oxygens (including phenoxy) is 1. The third-order valence-corrected chi connectivity index (χ3v) is 9.02. The number of hydrogen-bond donors (Lipinski definition) is 5. The number of pyridine rings is 2. The highest BCUT2D eigenvalue weighted by Crippen LogP contribution is 2.21. The number of aliphatic hydroxyl groups excluding tert-OH is 4. The van der Waals surface area contributed by atoms with Crippen molar-refractivity contribution in [3.63, 3.8) is 0 Å². The average molecular weight is 853 g/mol. The van der Waals surface area contributed by atoms with Crippen LogP contribution in [0.1, 0.15) is 22.5 Å². The molecule has 0 aliphatic heterocycles. The minimum Gasteiger partial charge on any atom is -0.505 e. The highest BCUT2D eigenvalue weighted by Gasteiger charge is 2.14. The summed E-state index contributed by atoms with van der Waals surface area (Å²) in [6.45, 7) is 3.68. The molecule has 18 nitrogen and oxygen atoms in total. The predicted molar refractivity (Wildman–Crippen MR) is 223 cm³/mol. The van der Waals surface area contributed by atoms with Crippen molar-refractivity contribution in [3.05, 3.63) is 141 Å². The Bertz CT molecular complexity index is 2800. The Morgan fingerprint density at radius 2 is 1.13 bits per heavy atom. The second-order valence-corrected chi connectivity index (χ2v) is 13.8. The molecule has 19 heteroatoms. The summed E-state index contributed by atoms with van der Waals surface area (Å²) in [4.78, 5) is 50.0. The quantitative estimate of drug-likeness (QED) is 0.110. The molecule has 6 heterocycles. The zero-order chi connectivity index (χ0) is 43.5. The van der Waals surface area contributed by atoms with Crippen LogP contribution in [0.25, 0.3) is 45.2 Å². The zero-order valence-corrected chi connectivity index (χ0v) is 33.6. The summed E-state index contributed by atoms with van der Waals surface area (Å²) in [6.07, 6.45) is 3.99. The third-order valence-electron chi connectivity index (χ3n) is 8.66. The summed E-state index contributed by atoms with van der Waals surface area (Å²) >= 11 is 5.04. The van der Waals surface area contributed by atoms with Crippen LogP contribution in [0.15, 0.2) is 116 Å². The van der Waals surface area contributed by atoms with Crippen LogP contribution >= 0.6 is 11.6 Å². The van der Waals surface area contributed by atoms with Crippen molar-refractivity contribution in [2.24, 2.45) is 0 Å². The zero-order valence-electron chi connectivity index (χ0n) is 32.9. The van der Waals surface area contributed by atoms with Crippen molar-refractivity contribution in [1.82, 2.24) is 39.0 Å². The summed E-state index contributed by atoms with van der Waals surface area (Å²) < 4.78 is 18.8. The molecule has 0 radical (unpaired) electrons. The number of benzene rings is 2. The van der Waals surface area contributed by atoms with Crippen LogP contribution in [-0.4, -0.2) is 102 Å². The lowest BCUT2D eigenvalue weighted by Gasteiger charge is -2.09. The molecule has 0 amide bonds. The Morgan fingerprint density at radius 1 is 0.672 bits per heavy atom. The largest absolute Gasteiger partial charge is 0.505 e. The minimum atomic E-state index is -0.956. The van der Waals surface area contributed by atoms with E-state index in [-0.39, 0.29) is 31.5 Å². The standard InChI is InChI=1S/C21H20N4O5.C18H14N4O3.C3H7ClO2/c1-13-5-6-18-20(24-13)25(21(28)30-18)10-14-3-2-4-15(7-14)19-22-8-17(9-23-19)29-12-16(27)11-26;1-11-5-6-15-17(21-11)22(18(24)25-15)10-12-3-2-4-13(7-12)16-19-8-14(23)9-20-16;4-1-3(6)2-5/h2-9,16,26-27H,10-12H2,1H3;2-9,23H,10H2,1H3;3,5-6H,1-2H2. The number of aromatic nitrogens is 8. The first-order valence-corrected chi connectivity index (χ1v) is 19.2. The van der Waals surface area contributed by atoms with Gasteiger partial charge in [-0.2, -0.15) is 0 Å². The van der Waals surface area contributed by atoms with E-state index in [0.29, 0.717) is 52.9 Å². The number of fused-ring (bicyclic) bond motifs is 2. The number of aryl methyl sites for hydroxylation is 2. The van der Waals surface area contributed by atoms with Gasteiger partial charge in [0, 0.05) is 22.5 Å². The molecule has 0 saturated carbocycles. The molecular weight excluding hydrogens is 812 g/mol. The Labute approximate surface area is 351 Å². The number of rotatable bonds is 12. The maximum Gasteiger partial charge on any atom is 0.421 e. The molecule has 0 spiro atoms. The highest BCUT2D eigenvalue weighted by atomic mass is 35.5. The monoisotopic (exact) mass is 852 g/mol. The summed E-state index contributed by atoms with van der Waals surface area (Å²) in [5, 5.41) is 43.7.